The van der Waals surface area contributed by atoms with Crippen LogP contribution >= 0.6 is 0 Å². The maximum atomic E-state index is 9.99. The Morgan fingerprint density at radius 3 is 2.03 bits per heavy atom. The lowest BCUT2D eigenvalue weighted by atomic mass is 10.1. The predicted molar refractivity (Wildman–Crippen MR) is 103 cm³/mol. The molecule has 0 spiro atoms. The third-order valence-corrected chi connectivity index (χ3v) is 5.52. The summed E-state index contributed by atoms with van der Waals surface area (Å²) in [5.41, 5.74) is 0. The standard InChI is InChI=1S/C20H38O9/c1-4-5-6-7-8-9-10-26-20-18(25-3)17(24-2)14(29-20)12-27-19-16(23)15(22)13(11-21)28-19/h13-23H,4-12H2,1-3H3/t13-,14-,15-,16+,17-,18+,19+,20+/m1/s1. The van der Waals surface area contributed by atoms with Crippen molar-refractivity contribution in [1.82, 2.24) is 0 Å². The van der Waals surface area contributed by atoms with Crippen LogP contribution in [0.4, 0.5) is 0 Å². The van der Waals surface area contributed by atoms with Crippen LogP contribution in [-0.4, -0.2) is 98.6 Å². The van der Waals surface area contributed by atoms with E-state index in [1.54, 1.807) is 14.2 Å². The van der Waals surface area contributed by atoms with Crippen LogP contribution in [0.25, 0.3) is 0 Å². The molecule has 9 heteroatoms. The van der Waals surface area contributed by atoms with Crippen LogP contribution in [0.3, 0.4) is 0 Å². The first-order valence-electron chi connectivity index (χ1n) is 10.6. The van der Waals surface area contributed by atoms with Gasteiger partial charge >= 0.3 is 0 Å². The molecule has 2 heterocycles. The van der Waals surface area contributed by atoms with Gasteiger partial charge in [0.25, 0.3) is 0 Å². The second kappa shape index (κ2) is 13.1. The lowest BCUT2D eigenvalue weighted by Gasteiger charge is -2.22. The first-order chi connectivity index (χ1) is 14.1. The molecule has 0 unspecified atom stereocenters. The SMILES string of the molecule is CCCCCCCCO[C@H]1O[C@H](CO[C@H]2O[C@H](CO)[C@@H](O)[C@@H]2O)[C@@H](OC)[C@@H]1OC. The van der Waals surface area contributed by atoms with Crippen molar-refractivity contribution in [3.63, 3.8) is 0 Å². The molecule has 29 heavy (non-hydrogen) atoms. The van der Waals surface area contributed by atoms with Gasteiger partial charge < -0.3 is 43.7 Å². The van der Waals surface area contributed by atoms with Gasteiger partial charge in [-0.15, -0.1) is 0 Å². The number of hydrogen-bond donors (Lipinski definition) is 3. The maximum absolute atomic E-state index is 9.99. The van der Waals surface area contributed by atoms with Crippen molar-refractivity contribution in [3.05, 3.63) is 0 Å². The molecule has 0 aromatic carbocycles. The molecule has 0 aromatic heterocycles. The summed E-state index contributed by atoms with van der Waals surface area (Å²) in [6.07, 6.45) is 0.798. The van der Waals surface area contributed by atoms with E-state index in [-0.39, 0.29) is 6.61 Å². The molecule has 2 saturated heterocycles. The second-order valence-electron chi connectivity index (χ2n) is 7.62. The molecule has 0 aliphatic carbocycles. The summed E-state index contributed by atoms with van der Waals surface area (Å²) in [5, 5.41) is 29.0. The van der Waals surface area contributed by atoms with Gasteiger partial charge in [0.15, 0.2) is 12.6 Å². The molecule has 2 aliphatic heterocycles. The van der Waals surface area contributed by atoms with Crippen molar-refractivity contribution in [3.8, 4) is 0 Å². The van der Waals surface area contributed by atoms with E-state index < -0.39 is 55.8 Å². The molecule has 0 radical (unpaired) electrons. The first-order valence-corrected chi connectivity index (χ1v) is 10.6. The van der Waals surface area contributed by atoms with Crippen LogP contribution in [-0.2, 0) is 28.4 Å². The minimum Gasteiger partial charge on any atom is -0.394 e. The van der Waals surface area contributed by atoms with Gasteiger partial charge in [0, 0.05) is 20.8 Å². The van der Waals surface area contributed by atoms with E-state index in [9.17, 15) is 10.2 Å². The lowest BCUT2D eigenvalue weighted by Crippen LogP contribution is -2.40. The lowest BCUT2D eigenvalue weighted by molar-refractivity contribution is -0.207. The van der Waals surface area contributed by atoms with Gasteiger partial charge in [0.2, 0.25) is 0 Å². The van der Waals surface area contributed by atoms with E-state index >= 15 is 0 Å². The van der Waals surface area contributed by atoms with Gasteiger partial charge in [0.05, 0.1) is 13.2 Å². The van der Waals surface area contributed by atoms with E-state index in [4.69, 9.17) is 33.5 Å². The minimum absolute atomic E-state index is 0.0574. The highest BCUT2D eigenvalue weighted by molar-refractivity contribution is 4.91. The van der Waals surface area contributed by atoms with Crippen molar-refractivity contribution >= 4 is 0 Å². The van der Waals surface area contributed by atoms with Crippen molar-refractivity contribution in [2.24, 2.45) is 0 Å². The van der Waals surface area contributed by atoms with E-state index in [0.717, 1.165) is 12.8 Å². The van der Waals surface area contributed by atoms with Crippen molar-refractivity contribution in [1.29, 1.82) is 0 Å². The molecule has 8 atom stereocenters. The molecule has 9 nitrogen and oxygen atoms in total. The third-order valence-electron chi connectivity index (χ3n) is 5.52. The molecule has 172 valence electrons. The Kier molecular flexibility index (Phi) is 11.3. The van der Waals surface area contributed by atoms with Gasteiger partial charge in [-0.25, -0.2) is 0 Å². The quantitative estimate of drug-likeness (QED) is 0.346. The highest BCUT2D eigenvalue weighted by Gasteiger charge is 2.48. The summed E-state index contributed by atoms with van der Waals surface area (Å²) in [4.78, 5) is 0. The molecule has 3 N–H and O–H groups in total. The summed E-state index contributed by atoms with van der Waals surface area (Å²) >= 11 is 0. The second-order valence-corrected chi connectivity index (χ2v) is 7.62. The maximum Gasteiger partial charge on any atom is 0.186 e. The Morgan fingerprint density at radius 2 is 1.41 bits per heavy atom. The summed E-state index contributed by atoms with van der Waals surface area (Å²) in [6, 6.07) is 0. The van der Waals surface area contributed by atoms with Crippen molar-refractivity contribution < 1.29 is 43.7 Å². The fourth-order valence-corrected chi connectivity index (χ4v) is 3.77. The van der Waals surface area contributed by atoms with Crippen LogP contribution in [0.5, 0.6) is 0 Å². The zero-order valence-corrected chi connectivity index (χ0v) is 17.8. The summed E-state index contributed by atoms with van der Waals surface area (Å²) in [6.45, 7) is 2.43. The highest BCUT2D eigenvalue weighted by Crippen LogP contribution is 2.29. The molecule has 0 bridgehead atoms. The molecule has 2 fully saturated rings. The number of methoxy groups -OCH3 is 2. The average molecular weight is 423 g/mol. The number of aliphatic hydroxyl groups excluding tert-OH is 3. The Labute approximate surface area is 173 Å². The molecule has 2 rings (SSSR count). The zero-order valence-electron chi connectivity index (χ0n) is 17.8. The van der Waals surface area contributed by atoms with Crippen molar-refractivity contribution in [2.45, 2.75) is 94.7 Å². The number of hydrogen-bond acceptors (Lipinski definition) is 9. The van der Waals surface area contributed by atoms with Gasteiger partial charge in [0.1, 0.15) is 36.6 Å². The third kappa shape index (κ3) is 6.81. The van der Waals surface area contributed by atoms with Gasteiger partial charge in [-0.1, -0.05) is 39.0 Å². The molecular weight excluding hydrogens is 384 g/mol. The van der Waals surface area contributed by atoms with Crippen LogP contribution in [0.2, 0.25) is 0 Å². The van der Waals surface area contributed by atoms with Gasteiger partial charge in [-0.05, 0) is 6.42 Å². The summed E-state index contributed by atoms with van der Waals surface area (Å²) in [7, 11) is 3.14. The number of ether oxygens (including phenoxy) is 6. The van der Waals surface area contributed by atoms with Crippen molar-refractivity contribution in [2.75, 3.05) is 34.0 Å². The van der Waals surface area contributed by atoms with Crippen LogP contribution in [0.15, 0.2) is 0 Å². The van der Waals surface area contributed by atoms with Gasteiger partial charge in [-0.2, -0.15) is 0 Å². The fraction of sp³-hybridized carbons (Fsp3) is 1.00. The van der Waals surface area contributed by atoms with E-state index in [1.807, 2.05) is 0 Å². The monoisotopic (exact) mass is 422 g/mol. The molecule has 2 aliphatic rings. The fourth-order valence-electron chi connectivity index (χ4n) is 3.77. The number of unbranched alkanes of at least 4 members (excludes halogenated alkanes) is 5. The van der Waals surface area contributed by atoms with Crippen LogP contribution < -0.4 is 0 Å². The summed E-state index contributed by atoms with van der Waals surface area (Å²) in [5.74, 6) is 0. The largest absolute Gasteiger partial charge is 0.394 e. The molecule has 0 aromatic rings. The molecular formula is C20H38O9. The zero-order chi connectivity index (χ0) is 21.2. The molecule has 0 saturated carbocycles. The Hall–Kier alpha value is -0.360. The normalized spacial score (nSPS) is 37.4. The number of aliphatic hydroxyl groups is 3. The minimum atomic E-state index is -1.24. The van der Waals surface area contributed by atoms with Gasteiger partial charge in [-0.3, -0.25) is 0 Å². The molecule has 0 amide bonds. The van der Waals surface area contributed by atoms with Crippen LogP contribution in [0.1, 0.15) is 45.4 Å². The Bertz CT molecular complexity index is 438. The Morgan fingerprint density at radius 1 is 0.759 bits per heavy atom. The van der Waals surface area contributed by atoms with E-state index in [1.165, 1.54) is 25.7 Å². The first kappa shape index (κ1) is 24.9. The average Bonchev–Trinajstić information content (AvgIpc) is 3.22. The van der Waals surface area contributed by atoms with E-state index in [2.05, 4.69) is 6.92 Å². The smallest absolute Gasteiger partial charge is 0.186 e. The Balaban J connectivity index is 1.78. The van der Waals surface area contributed by atoms with E-state index in [0.29, 0.717) is 6.61 Å². The highest BCUT2D eigenvalue weighted by atomic mass is 16.7. The summed E-state index contributed by atoms with van der Waals surface area (Å²) < 4.78 is 33.8. The topological polar surface area (TPSA) is 116 Å². The van der Waals surface area contributed by atoms with Crippen LogP contribution in [0, 0.1) is 0 Å². The predicted octanol–water partition coefficient (Wildman–Crippen LogP) is 0.574. The number of rotatable bonds is 14.